The van der Waals surface area contributed by atoms with Crippen LogP contribution in [0.3, 0.4) is 0 Å². The van der Waals surface area contributed by atoms with Gasteiger partial charge >= 0.3 is 0 Å². The topological polar surface area (TPSA) is 139 Å². The Bertz CT molecular complexity index is 1200. The molecule has 0 heterocycles. The molecule has 0 unspecified atom stereocenters. The summed E-state index contributed by atoms with van der Waals surface area (Å²) in [6, 6.07) is 9.82. The van der Waals surface area contributed by atoms with Gasteiger partial charge < -0.3 is 15.0 Å². The predicted octanol–water partition coefficient (Wildman–Crippen LogP) is 2.23. The van der Waals surface area contributed by atoms with Crippen LogP contribution in [0.5, 0.6) is 5.75 Å². The molecule has 0 aliphatic carbocycles. The van der Waals surface area contributed by atoms with E-state index in [1.165, 1.54) is 24.1 Å². The lowest BCUT2D eigenvalue weighted by molar-refractivity contribution is -0.384. The molecule has 2 amide bonds. The number of nitrogens with one attached hydrogen (secondary N) is 1. The zero-order valence-corrected chi connectivity index (χ0v) is 21.2. The first-order valence-corrected chi connectivity index (χ1v) is 12.7. The highest BCUT2D eigenvalue weighted by molar-refractivity contribution is 7.92. The van der Waals surface area contributed by atoms with Crippen LogP contribution in [-0.4, -0.2) is 62.6 Å². The van der Waals surface area contributed by atoms with Gasteiger partial charge in [-0.2, -0.15) is 0 Å². The molecular formula is C23H30N4O7S. The second-order valence-corrected chi connectivity index (χ2v) is 9.85. The number of methoxy groups -OCH3 is 1. The van der Waals surface area contributed by atoms with Gasteiger partial charge in [0.15, 0.2) is 0 Å². The number of hydrogen-bond acceptors (Lipinski definition) is 7. The first-order valence-electron chi connectivity index (χ1n) is 10.8. The van der Waals surface area contributed by atoms with Gasteiger partial charge in [0.05, 0.1) is 24.0 Å². The first-order chi connectivity index (χ1) is 16.4. The Morgan fingerprint density at radius 3 is 2.46 bits per heavy atom. The number of nitrogens with zero attached hydrogens (tertiary/aromatic N) is 3. The number of carbonyl (C=O) groups is 2. The summed E-state index contributed by atoms with van der Waals surface area (Å²) in [7, 11) is -2.50. The third-order valence-electron chi connectivity index (χ3n) is 5.36. The van der Waals surface area contributed by atoms with Crippen molar-refractivity contribution in [3.05, 3.63) is 63.7 Å². The summed E-state index contributed by atoms with van der Waals surface area (Å²) in [6.45, 7) is 4.61. The number of nitro groups is 1. The van der Waals surface area contributed by atoms with Crippen molar-refractivity contribution in [1.29, 1.82) is 0 Å². The van der Waals surface area contributed by atoms with Crippen LogP contribution in [0.25, 0.3) is 0 Å². The Balaban J connectivity index is 2.48. The minimum absolute atomic E-state index is 0.0137. The largest absolute Gasteiger partial charge is 0.497 e. The molecule has 35 heavy (non-hydrogen) atoms. The maximum absolute atomic E-state index is 13.5. The van der Waals surface area contributed by atoms with E-state index < -0.39 is 39.3 Å². The first kappa shape index (κ1) is 27.6. The summed E-state index contributed by atoms with van der Waals surface area (Å²) >= 11 is 0. The minimum Gasteiger partial charge on any atom is -0.497 e. The Hall–Kier alpha value is -3.67. The third-order valence-corrected chi connectivity index (χ3v) is 6.48. The molecule has 2 aromatic carbocycles. The van der Waals surface area contributed by atoms with Gasteiger partial charge in [-0.15, -0.1) is 0 Å². The second kappa shape index (κ2) is 11.6. The van der Waals surface area contributed by atoms with Crippen molar-refractivity contribution in [3.8, 4) is 5.75 Å². The van der Waals surface area contributed by atoms with Crippen molar-refractivity contribution < 1.29 is 27.7 Å². The molecule has 0 saturated heterocycles. The lowest BCUT2D eigenvalue weighted by Crippen LogP contribution is -2.51. The maximum Gasteiger partial charge on any atom is 0.271 e. The Labute approximate surface area is 204 Å². The van der Waals surface area contributed by atoms with Crippen LogP contribution in [-0.2, 0) is 26.2 Å². The maximum atomic E-state index is 13.5. The van der Waals surface area contributed by atoms with Gasteiger partial charge in [0.2, 0.25) is 21.8 Å². The standard InChI is InChI=1S/C23H30N4O7S/c1-6-24-23(29)17(3)25(14-18-8-7-9-20(12-18)34-4)22(28)15-26(35(5,32)33)21-13-19(27(30)31)11-10-16(21)2/h7-13,17H,6,14-15H2,1-5H3,(H,24,29)/t17-/m1/s1. The molecule has 0 aliphatic rings. The molecule has 190 valence electrons. The molecule has 12 heteroatoms. The fourth-order valence-corrected chi connectivity index (χ4v) is 4.35. The van der Waals surface area contributed by atoms with E-state index in [9.17, 15) is 28.1 Å². The van der Waals surface area contributed by atoms with Crippen LogP contribution in [0.2, 0.25) is 0 Å². The highest BCUT2D eigenvalue weighted by Crippen LogP contribution is 2.28. The van der Waals surface area contributed by atoms with Crippen molar-refractivity contribution in [2.24, 2.45) is 0 Å². The van der Waals surface area contributed by atoms with Gasteiger partial charge in [0.25, 0.3) is 5.69 Å². The zero-order valence-electron chi connectivity index (χ0n) is 20.3. The van der Waals surface area contributed by atoms with E-state index >= 15 is 0 Å². The Morgan fingerprint density at radius 1 is 1.20 bits per heavy atom. The summed E-state index contributed by atoms with van der Waals surface area (Å²) in [6.07, 6.45) is 0.915. The third kappa shape index (κ3) is 7.15. The number of rotatable bonds is 11. The van der Waals surface area contributed by atoms with Gasteiger partial charge in [-0.05, 0) is 44.0 Å². The molecule has 1 atom stereocenters. The fraction of sp³-hybridized carbons (Fsp3) is 0.391. The van der Waals surface area contributed by atoms with Crippen LogP contribution in [0.4, 0.5) is 11.4 Å². The van der Waals surface area contributed by atoms with Crippen LogP contribution in [0.15, 0.2) is 42.5 Å². The summed E-state index contributed by atoms with van der Waals surface area (Å²) < 4.78 is 31.4. The lowest BCUT2D eigenvalue weighted by Gasteiger charge is -2.31. The number of aryl methyl sites for hydroxylation is 1. The monoisotopic (exact) mass is 506 g/mol. The number of carbonyl (C=O) groups excluding carboxylic acids is 2. The van der Waals surface area contributed by atoms with Crippen molar-refractivity contribution in [1.82, 2.24) is 10.2 Å². The van der Waals surface area contributed by atoms with Crippen molar-refractivity contribution >= 4 is 33.2 Å². The molecule has 1 N–H and O–H groups in total. The van der Waals surface area contributed by atoms with Crippen LogP contribution in [0, 0.1) is 17.0 Å². The number of amides is 2. The molecule has 11 nitrogen and oxygen atoms in total. The number of sulfonamides is 1. The normalized spacial score (nSPS) is 11.9. The molecule has 2 rings (SSSR count). The number of hydrogen-bond donors (Lipinski definition) is 1. The Kier molecular flexibility index (Phi) is 9.18. The molecule has 0 bridgehead atoms. The highest BCUT2D eigenvalue weighted by atomic mass is 32.2. The molecule has 0 aliphatic heterocycles. The average molecular weight is 507 g/mol. The molecule has 0 radical (unpaired) electrons. The summed E-state index contributed by atoms with van der Waals surface area (Å²) in [5.74, 6) is -0.491. The molecule has 0 saturated carbocycles. The van der Waals surface area contributed by atoms with E-state index in [2.05, 4.69) is 5.32 Å². The molecular weight excluding hydrogens is 476 g/mol. The van der Waals surface area contributed by atoms with Crippen molar-refractivity contribution in [2.45, 2.75) is 33.4 Å². The molecule has 2 aromatic rings. The quantitative estimate of drug-likeness (QED) is 0.364. The van der Waals surface area contributed by atoms with E-state index in [4.69, 9.17) is 4.74 Å². The molecule has 0 spiro atoms. The van der Waals surface area contributed by atoms with Crippen LogP contribution in [0.1, 0.15) is 25.0 Å². The number of non-ortho nitro benzene ring substituents is 1. The Morgan fingerprint density at radius 2 is 1.89 bits per heavy atom. The SMILES string of the molecule is CCNC(=O)[C@@H](C)N(Cc1cccc(OC)c1)C(=O)CN(c1cc([N+](=O)[O-])ccc1C)S(C)(=O)=O. The summed E-state index contributed by atoms with van der Waals surface area (Å²) in [5.41, 5.74) is 0.814. The van der Waals surface area contributed by atoms with E-state index in [0.29, 0.717) is 23.4 Å². The van der Waals surface area contributed by atoms with E-state index in [1.54, 1.807) is 45.0 Å². The predicted molar refractivity (Wildman–Crippen MR) is 132 cm³/mol. The van der Waals surface area contributed by atoms with E-state index in [1.807, 2.05) is 0 Å². The number of likely N-dealkylation sites (N-methyl/N-ethyl adjacent to an activating group) is 1. The van der Waals surface area contributed by atoms with E-state index in [0.717, 1.165) is 16.6 Å². The average Bonchev–Trinajstić information content (AvgIpc) is 2.80. The summed E-state index contributed by atoms with van der Waals surface area (Å²) in [4.78, 5) is 38.0. The van der Waals surface area contributed by atoms with Gasteiger partial charge in [-0.3, -0.25) is 24.0 Å². The zero-order chi connectivity index (χ0) is 26.3. The van der Waals surface area contributed by atoms with Crippen molar-refractivity contribution in [2.75, 3.05) is 30.8 Å². The van der Waals surface area contributed by atoms with Gasteiger partial charge in [0.1, 0.15) is 18.3 Å². The lowest BCUT2D eigenvalue weighted by atomic mass is 10.1. The molecule has 0 aromatic heterocycles. The van der Waals surface area contributed by atoms with Gasteiger partial charge in [-0.25, -0.2) is 8.42 Å². The second-order valence-electron chi connectivity index (χ2n) is 7.94. The summed E-state index contributed by atoms with van der Waals surface area (Å²) in [5, 5.41) is 13.9. The molecule has 0 fully saturated rings. The van der Waals surface area contributed by atoms with Gasteiger partial charge in [0, 0.05) is 25.2 Å². The highest BCUT2D eigenvalue weighted by Gasteiger charge is 2.31. The number of anilines is 1. The van der Waals surface area contributed by atoms with Crippen molar-refractivity contribution in [3.63, 3.8) is 0 Å². The van der Waals surface area contributed by atoms with Crippen LogP contribution >= 0.6 is 0 Å². The van der Waals surface area contributed by atoms with E-state index in [-0.39, 0.29) is 17.9 Å². The van der Waals surface area contributed by atoms with Gasteiger partial charge in [-0.1, -0.05) is 18.2 Å². The smallest absolute Gasteiger partial charge is 0.271 e. The number of benzene rings is 2. The minimum atomic E-state index is -4.01. The number of ether oxygens (including phenoxy) is 1. The fourth-order valence-electron chi connectivity index (χ4n) is 3.45. The van der Waals surface area contributed by atoms with Crippen LogP contribution < -0.4 is 14.4 Å². The number of nitro benzene ring substituents is 1.